The van der Waals surface area contributed by atoms with Gasteiger partial charge in [-0.1, -0.05) is 29.8 Å². The van der Waals surface area contributed by atoms with E-state index in [-0.39, 0.29) is 27.9 Å². The molecule has 0 radical (unpaired) electrons. The molecule has 0 bridgehead atoms. The highest BCUT2D eigenvalue weighted by Gasteiger charge is 2.33. The van der Waals surface area contributed by atoms with E-state index >= 15 is 0 Å². The van der Waals surface area contributed by atoms with Crippen LogP contribution in [-0.4, -0.2) is 32.3 Å². The van der Waals surface area contributed by atoms with E-state index in [0.717, 1.165) is 12.1 Å². The number of sulfonamides is 1. The van der Waals surface area contributed by atoms with E-state index in [4.69, 9.17) is 11.6 Å². The van der Waals surface area contributed by atoms with E-state index in [0.29, 0.717) is 24.9 Å². The number of carbonyl (C=O) groups is 1. The van der Waals surface area contributed by atoms with Crippen molar-refractivity contribution in [3.63, 3.8) is 0 Å². The molecule has 2 aromatic rings. The lowest BCUT2D eigenvalue weighted by Gasteiger charge is -2.26. The minimum Gasteiger partial charge on any atom is -0.341 e. The Morgan fingerprint density at radius 3 is 2.57 bits per heavy atom. The second-order valence-electron chi connectivity index (χ2n) is 7.15. The van der Waals surface area contributed by atoms with E-state index in [9.17, 15) is 26.4 Å². The summed E-state index contributed by atoms with van der Waals surface area (Å²) < 4.78 is 68.1. The summed E-state index contributed by atoms with van der Waals surface area (Å²) in [5, 5.41) is 0.214. The second-order valence-corrected chi connectivity index (χ2v) is 9.27. The first kappa shape index (κ1) is 22.6. The molecule has 5 nitrogen and oxygen atoms in total. The van der Waals surface area contributed by atoms with Crippen molar-refractivity contribution in [3.8, 4) is 0 Å². The Morgan fingerprint density at radius 1 is 1.20 bits per heavy atom. The van der Waals surface area contributed by atoms with Crippen LogP contribution in [0.4, 0.5) is 13.2 Å². The van der Waals surface area contributed by atoms with E-state index < -0.39 is 27.8 Å². The summed E-state index contributed by atoms with van der Waals surface area (Å²) in [7, 11) is -4.12. The molecule has 0 spiro atoms. The summed E-state index contributed by atoms with van der Waals surface area (Å²) in [6.07, 6.45) is -3.63. The van der Waals surface area contributed by atoms with Crippen LogP contribution in [0.1, 0.15) is 35.6 Å². The maximum Gasteiger partial charge on any atom is 0.416 e. The van der Waals surface area contributed by atoms with Gasteiger partial charge < -0.3 is 4.90 Å². The zero-order valence-electron chi connectivity index (χ0n) is 16.0. The number of likely N-dealkylation sites (tertiary alicyclic amines) is 1. The van der Waals surface area contributed by atoms with Gasteiger partial charge >= 0.3 is 6.18 Å². The summed E-state index contributed by atoms with van der Waals surface area (Å²) in [4.78, 5) is 13.4. The SMILES string of the molecule is Cc1ccc(Cl)cc1S(=O)(=O)NC(CN1CCCC1=O)c1cccc(C(F)(F)F)c1. The maximum absolute atomic E-state index is 13.2. The van der Waals surface area contributed by atoms with Gasteiger partial charge in [-0.25, -0.2) is 13.1 Å². The Bertz CT molecular complexity index is 1060. The highest BCUT2D eigenvalue weighted by Crippen LogP contribution is 2.32. The quantitative estimate of drug-likeness (QED) is 0.698. The molecule has 0 aromatic heterocycles. The summed E-state index contributed by atoms with van der Waals surface area (Å²) in [5.41, 5.74) is -0.337. The van der Waals surface area contributed by atoms with Crippen molar-refractivity contribution in [2.45, 2.75) is 36.9 Å². The van der Waals surface area contributed by atoms with Gasteiger partial charge in [0.05, 0.1) is 16.5 Å². The zero-order valence-corrected chi connectivity index (χ0v) is 17.6. The summed E-state index contributed by atoms with van der Waals surface area (Å²) in [6.45, 7) is 1.94. The molecule has 162 valence electrons. The Labute approximate surface area is 177 Å². The molecule has 2 aromatic carbocycles. The third-order valence-corrected chi connectivity index (χ3v) is 6.78. The van der Waals surface area contributed by atoms with Gasteiger partial charge in [0.2, 0.25) is 15.9 Å². The van der Waals surface area contributed by atoms with E-state index in [2.05, 4.69) is 4.72 Å². The van der Waals surface area contributed by atoms with Crippen LogP contribution in [-0.2, 0) is 21.0 Å². The molecule has 3 rings (SSSR count). The molecule has 1 fully saturated rings. The van der Waals surface area contributed by atoms with Crippen LogP contribution < -0.4 is 4.72 Å². The number of carbonyl (C=O) groups excluding carboxylic acids is 1. The predicted molar refractivity (Wildman–Crippen MR) is 107 cm³/mol. The van der Waals surface area contributed by atoms with Gasteiger partial charge in [0.15, 0.2) is 0 Å². The number of hydrogen-bond acceptors (Lipinski definition) is 3. The molecular formula is C20H20ClF3N2O3S. The number of halogens is 4. The van der Waals surface area contributed by atoms with Crippen LogP contribution >= 0.6 is 11.6 Å². The Morgan fingerprint density at radius 2 is 1.93 bits per heavy atom. The van der Waals surface area contributed by atoms with Crippen molar-refractivity contribution in [1.29, 1.82) is 0 Å². The van der Waals surface area contributed by atoms with Crippen molar-refractivity contribution in [2.24, 2.45) is 0 Å². The third-order valence-electron chi connectivity index (χ3n) is 4.93. The first-order valence-corrected chi connectivity index (χ1v) is 11.1. The van der Waals surface area contributed by atoms with Crippen LogP contribution in [0.2, 0.25) is 5.02 Å². The van der Waals surface area contributed by atoms with Crippen LogP contribution in [0.25, 0.3) is 0 Å². The first-order chi connectivity index (χ1) is 14.0. The van der Waals surface area contributed by atoms with Crippen LogP contribution in [0.15, 0.2) is 47.4 Å². The standard InChI is InChI=1S/C20H20ClF3N2O3S/c1-13-7-8-16(21)11-18(13)30(28,29)25-17(12-26-9-3-6-19(26)27)14-4-2-5-15(10-14)20(22,23)24/h2,4-5,7-8,10-11,17,25H,3,6,9,12H2,1H3. The molecule has 1 amide bonds. The molecule has 30 heavy (non-hydrogen) atoms. The molecule has 1 N–H and O–H groups in total. The number of rotatable bonds is 6. The predicted octanol–water partition coefficient (Wildman–Crippen LogP) is 4.31. The fourth-order valence-corrected chi connectivity index (χ4v) is 5.10. The summed E-state index contributed by atoms with van der Waals surface area (Å²) >= 11 is 5.93. The Balaban J connectivity index is 1.99. The van der Waals surface area contributed by atoms with Gasteiger partial charge in [-0.05, 0) is 48.7 Å². The fraction of sp³-hybridized carbons (Fsp3) is 0.350. The molecule has 0 aliphatic carbocycles. The summed E-state index contributed by atoms with van der Waals surface area (Å²) in [6, 6.07) is 7.75. The number of nitrogens with one attached hydrogen (secondary N) is 1. The van der Waals surface area contributed by atoms with Crippen molar-refractivity contribution in [1.82, 2.24) is 9.62 Å². The molecule has 0 saturated carbocycles. The molecular weight excluding hydrogens is 441 g/mol. The number of nitrogens with zero attached hydrogens (tertiary/aromatic N) is 1. The Hall–Kier alpha value is -2.10. The molecule has 1 aliphatic rings. The number of amides is 1. The molecule has 10 heteroatoms. The molecule has 1 unspecified atom stereocenters. The number of aryl methyl sites for hydroxylation is 1. The van der Waals surface area contributed by atoms with E-state index in [1.165, 1.54) is 23.1 Å². The average Bonchev–Trinajstić information content (AvgIpc) is 3.07. The molecule has 1 aliphatic heterocycles. The number of alkyl halides is 3. The lowest BCUT2D eigenvalue weighted by Crippen LogP contribution is -2.38. The van der Waals surface area contributed by atoms with Gasteiger partial charge in [-0.2, -0.15) is 13.2 Å². The zero-order chi connectivity index (χ0) is 22.1. The smallest absolute Gasteiger partial charge is 0.341 e. The fourth-order valence-electron chi connectivity index (χ4n) is 3.37. The molecule has 1 heterocycles. The topological polar surface area (TPSA) is 66.5 Å². The highest BCUT2D eigenvalue weighted by molar-refractivity contribution is 7.89. The Kier molecular flexibility index (Phi) is 6.45. The van der Waals surface area contributed by atoms with Gasteiger partial charge in [0.1, 0.15) is 0 Å². The molecule has 1 saturated heterocycles. The second kappa shape index (κ2) is 8.56. The molecule has 1 atom stereocenters. The van der Waals surface area contributed by atoms with Gasteiger partial charge in [-0.3, -0.25) is 4.79 Å². The normalized spacial score (nSPS) is 16.2. The van der Waals surface area contributed by atoms with Crippen LogP contribution in [0, 0.1) is 6.92 Å². The largest absolute Gasteiger partial charge is 0.416 e. The van der Waals surface area contributed by atoms with Gasteiger partial charge in [0.25, 0.3) is 0 Å². The highest BCUT2D eigenvalue weighted by atomic mass is 35.5. The third kappa shape index (κ3) is 5.14. The number of benzene rings is 2. The van der Waals surface area contributed by atoms with Crippen molar-refractivity contribution >= 4 is 27.5 Å². The lowest BCUT2D eigenvalue weighted by molar-refractivity contribution is -0.137. The van der Waals surface area contributed by atoms with Crippen LogP contribution in [0.3, 0.4) is 0 Å². The van der Waals surface area contributed by atoms with Gasteiger partial charge in [0, 0.05) is 24.5 Å². The maximum atomic E-state index is 13.2. The van der Waals surface area contributed by atoms with Crippen molar-refractivity contribution in [2.75, 3.05) is 13.1 Å². The average molecular weight is 461 g/mol. The number of hydrogen-bond donors (Lipinski definition) is 1. The minimum absolute atomic E-state index is 0.0697. The first-order valence-electron chi connectivity index (χ1n) is 9.21. The van der Waals surface area contributed by atoms with E-state index in [1.54, 1.807) is 19.1 Å². The van der Waals surface area contributed by atoms with Crippen LogP contribution in [0.5, 0.6) is 0 Å². The monoisotopic (exact) mass is 460 g/mol. The van der Waals surface area contributed by atoms with E-state index in [1.807, 2.05) is 0 Å². The van der Waals surface area contributed by atoms with Crippen molar-refractivity contribution < 1.29 is 26.4 Å². The minimum atomic E-state index is -4.58. The van der Waals surface area contributed by atoms with Crippen molar-refractivity contribution in [3.05, 3.63) is 64.2 Å². The summed E-state index contributed by atoms with van der Waals surface area (Å²) in [5.74, 6) is -0.162. The van der Waals surface area contributed by atoms with Gasteiger partial charge in [-0.15, -0.1) is 0 Å². The lowest BCUT2D eigenvalue weighted by atomic mass is 10.0.